The van der Waals surface area contributed by atoms with E-state index >= 15 is 0 Å². The van der Waals surface area contributed by atoms with Crippen LogP contribution in [0.25, 0.3) is 0 Å². The zero-order valence-corrected chi connectivity index (χ0v) is 13.5. The summed E-state index contributed by atoms with van der Waals surface area (Å²) in [5.41, 5.74) is 2.30. The molecule has 0 atom stereocenters. The summed E-state index contributed by atoms with van der Waals surface area (Å²) in [6.07, 6.45) is 0. The first-order chi connectivity index (χ1) is 9.58. The standard InChI is InChI=1S/C16H23N3S/c1-12(2)10-17-11-15-13(3)18-16(20-15)19(4)14-8-6-5-7-9-14/h5-9,12,17H,10-11H2,1-4H3. The Balaban J connectivity index is 2.07. The second-order valence-electron chi connectivity index (χ2n) is 5.42. The van der Waals surface area contributed by atoms with Gasteiger partial charge >= 0.3 is 0 Å². The summed E-state index contributed by atoms with van der Waals surface area (Å²) in [5, 5.41) is 4.54. The monoisotopic (exact) mass is 289 g/mol. The number of nitrogens with zero attached hydrogens (tertiary/aromatic N) is 2. The Labute approximate surface area is 125 Å². The molecule has 0 bridgehead atoms. The number of hydrogen-bond acceptors (Lipinski definition) is 4. The van der Waals surface area contributed by atoms with Crippen LogP contribution in [-0.4, -0.2) is 18.6 Å². The molecule has 0 saturated heterocycles. The van der Waals surface area contributed by atoms with E-state index in [4.69, 9.17) is 0 Å². The van der Waals surface area contributed by atoms with E-state index in [1.807, 2.05) is 6.07 Å². The highest BCUT2D eigenvalue weighted by Crippen LogP contribution is 2.30. The maximum absolute atomic E-state index is 4.69. The summed E-state index contributed by atoms with van der Waals surface area (Å²) in [4.78, 5) is 8.15. The molecule has 0 fully saturated rings. The Hall–Kier alpha value is -1.39. The van der Waals surface area contributed by atoms with Gasteiger partial charge in [0.05, 0.1) is 5.69 Å². The van der Waals surface area contributed by atoms with Crippen molar-refractivity contribution < 1.29 is 0 Å². The predicted molar refractivity (Wildman–Crippen MR) is 87.9 cm³/mol. The van der Waals surface area contributed by atoms with Crippen molar-refractivity contribution in [2.24, 2.45) is 5.92 Å². The number of hydrogen-bond donors (Lipinski definition) is 1. The molecule has 2 aromatic rings. The average Bonchev–Trinajstić information content (AvgIpc) is 2.80. The molecular formula is C16H23N3S. The summed E-state index contributed by atoms with van der Waals surface area (Å²) in [6, 6.07) is 10.3. The maximum atomic E-state index is 4.69. The second-order valence-corrected chi connectivity index (χ2v) is 6.49. The molecule has 4 heteroatoms. The van der Waals surface area contributed by atoms with Gasteiger partial charge in [-0.15, -0.1) is 0 Å². The summed E-state index contributed by atoms with van der Waals surface area (Å²) in [7, 11) is 2.07. The molecule has 0 spiro atoms. The Morgan fingerprint density at radius 2 is 1.95 bits per heavy atom. The fourth-order valence-electron chi connectivity index (χ4n) is 1.96. The van der Waals surface area contributed by atoms with Crippen LogP contribution in [0.15, 0.2) is 30.3 Å². The zero-order valence-electron chi connectivity index (χ0n) is 12.7. The van der Waals surface area contributed by atoms with Gasteiger partial charge in [-0.25, -0.2) is 4.98 Å². The highest BCUT2D eigenvalue weighted by molar-refractivity contribution is 7.15. The van der Waals surface area contributed by atoms with E-state index in [-0.39, 0.29) is 0 Å². The molecule has 0 amide bonds. The largest absolute Gasteiger partial charge is 0.321 e. The number of aromatic nitrogens is 1. The van der Waals surface area contributed by atoms with Crippen LogP contribution in [0.4, 0.5) is 10.8 Å². The van der Waals surface area contributed by atoms with Crippen LogP contribution in [-0.2, 0) is 6.54 Å². The van der Waals surface area contributed by atoms with E-state index in [0.29, 0.717) is 5.92 Å². The van der Waals surface area contributed by atoms with Gasteiger partial charge in [0.1, 0.15) is 0 Å². The van der Waals surface area contributed by atoms with E-state index < -0.39 is 0 Å². The number of anilines is 2. The molecule has 1 heterocycles. The molecule has 0 aliphatic heterocycles. The first-order valence-corrected chi connectivity index (χ1v) is 7.85. The minimum absolute atomic E-state index is 0.676. The van der Waals surface area contributed by atoms with Crippen LogP contribution in [0.1, 0.15) is 24.4 Å². The second kappa shape index (κ2) is 6.86. The fourth-order valence-corrected chi connectivity index (χ4v) is 2.97. The Kier molecular flexibility index (Phi) is 5.15. The molecule has 1 aromatic carbocycles. The fraction of sp³-hybridized carbons (Fsp3) is 0.438. The molecule has 0 saturated carbocycles. The number of rotatable bonds is 6. The normalized spacial score (nSPS) is 11.1. The van der Waals surface area contributed by atoms with E-state index in [2.05, 4.69) is 67.3 Å². The van der Waals surface area contributed by atoms with Crippen molar-refractivity contribution in [2.45, 2.75) is 27.3 Å². The van der Waals surface area contributed by atoms with Gasteiger partial charge in [0.2, 0.25) is 0 Å². The first kappa shape index (κ1) is 15.0. The SMILES string of the molecule is Cc1nc(N(C)c2ccccc2)sc1CNCC(C)C. The van der Waals surface area contributed by atoms with Gasteiger partial charge in [-0.2, -0.15) is 0 Å². The maximum Gasteiger partial charge on any atom is 0.190 e. The van der Waals surface area contributed by atoms with Crippen LogP contribution >= 0.6 is 11.3 Å². The van der Waals surface area contributed by atoms with Crippen LogP contribution in [0, 0.1) is 12.8 Å². The lowest BCUT2D eigenvalue weighted by Crippen LogP contribution is -2.18. The molecule has 0 unspecified atom stereocenters. The topological polar surface area (TPSA) is 28.2 Å². The van der Waals surface area contributed by atoms with Gasteiger partial charge < -0.3 is 10.2 Å². The van der Waals surface area contributed by atoms with Gasteiger partial charge in [0.25, 0.3) is 0 Å². The van der Waals surface area contributed by atoms with Crippen LogP contribution in [0.3, 0.4) is 0 Å². The van der Waals surface area contributed by atoms with Crippen molar-refractivity contribution in [1.29, 1.82) is 0 Å². The van der Waals surface area contributed by atoms with Crippen molar-refractivity contribution in [3.8, 4) is 0 Å². The van der Waals surface area contributed by atoms with Gasteiger partial charge in [-0.3, -0.25) is 0 Å². The zero-order chi connectivity index (χ0) is 14.5. The number of thiazole rings is 1. The lowest BCUT2D eigenvalue weighted by Gasteiger charge is -2.15. The predicted octanol–water partition coefficient (Wildman–Crippen LogP) is 3.97. The molecule has 20 heavy (non-hydrogen) atoms. The van der Waals surface area contributed by atoms with Crippen molar-refractivity contribution >= 4 is 22.2 Å². The van der Waals surface area contributed by atoms with Crippen LogP contribution < -0.4 is 10.2 Å². The van der Waals surface area contributed by atoms with E-state index in [0.717, 1.165) is 23.9 Å². The molecule has 0 radical (unpaired) electrons. The smallest absolute Gasteiger partial charge is 0.190 e. The molecule has 0 aliphatic carbocycles. The molecule has 1 aromatic heterocycles. The van der Waals surface area contributed by atoms with Crippen molar-refractivity contribution in [3.63, 3.8) is 0 Å². The Morgan fingerprint density at radius 3 is 2.60 bits per heavy atom. The number of aryl methyl sites for hydroxylation is 1. The lowest BCUT2D eigenvalue weighted by atomic mass is 10.2. The first-order valence-electron chi connectivity index (χ1n) is 7.03. The molecule has 0 aliphatic rings. The molecule has 108 valence electrons. The third-order valence-electron chi connectivity index (χ3n) is 3.15. The van der Waals surface area contributed by atoms with Crippen molar-refractivity contribution in [3.05, 3.63) is 40.9 Å². The quantitative estimate of drug-likeness (QED) is 0.872. The third kappa shape index (κ3) is 3.81. The molecule has 1 N–H and O–H groups in total. The van der Waals surface area contributed by atoms with E-state index in [9.17, 15) is 0 Å². The van der Waals surface area contributed by atoms with Gasteiger partial charge in [0, 0.05) is 24.2 Å². The van der Waals surface area contributed by atoms with Crippen molar-refractivity contribution in [2.75, 3.05) is 18.5 Å². The molecular weight excluding hydrogens is 266 g/mol. The van der Waals surface area contributed by atoms with Crippen LogP contribution in [0.2, 0.25) is 0 Å². The van der Waals surface area contributed by atoms with Gasteiger partial charge in [-0.05, 0) is 31.5 Å². The minimum atomic E-state index is 0.676. The van der Waals surface area contributed by atoms with Crippen LogP contribution in [0.5, 0.6) is 0 Å². The summed E-state index contributed by atoms with van der Waals surface area (Å²) < 4.78 is 0. The summed E-state index contributed by atoms with van der Waals surface area (Å²) in [6.45, 7) is 8.49. The summed E-state index contributed by atoms with van der Waals surface area (Å²) in [5.74, 6) is 0.676. The Morgan fingerprint density at radius 1 is 1.25 bits per heavy atom. The minimum Gasteiger partial charge on any atom is -0.321 e. The van der Waals surface area contributed by atoms with Gasteiger partial charge in [0.15, 0.2) is 5.13 Å². The van der Waals surface area contributed by atoms with E-state index in [1.54, 1.807) is 11.3 Å². The third-order valence-corrected chi connectivity index (χ3v) is 4.38. The Bertz CT molecular complexity index is 534. The van der Waals surface area contributed by atoms with E-state index in [1.165, 1.54) is 10.6 Å². The summed E-state index contributed by atoms with van der Waals surface area (Å²) >= 11 is 1.77. The number of para-hydroxylation sites is 1. The highest BCUT2D eigenvalue weighted by atomic mass is 32.1. The average molecular weight is 289 g/mol. The van der Waals surface area contributed by atoms with Crippen molar-refractivity contribution in [1.82, 2.24) is 10.3 Å². The number of nitrogens with one attached hydrogen (secondary N) is 1. The lowest BCUT2D eigenvalue weighted by molar-refractivity contribution is 0.554. The molecule has 3 nitrogen and oxygen atoms in total. The number of benzene rings is 1. The van der Waals surface area contributed by atoms with Gasteiger partial charge in [-0.1, -0.05) is 43.4 Å². The highest BCUT2D eigenvalue weighted by Gasteiger charge is 2.12. The molecule has 2 rings (SSSR count).